The highest BCUT2D eigenvalue weighted by molar-refractivity contribution is 5.77. The van der Waals surface area contributed by atoms with Crippen molar-refractivity contribution in [3.05, 3.63) is 0 Å². The Kier molecular flexibility index (Phi) is 1.45. The van der Waals surface area contributed by atoms with Gasteiger partial charge in [0.1, 0.15) is 6.54 Å². The molecule has 3 heterocycles. The Hall–Kier alpha value is -0.650. The zero-order valence-electron chi connectivity index (χ0n) is 7.45. The van der Waals surface area contributed by atoms with Gasteiger partial charge in [-0.15, -0.1) is 0 Å². The summed E-state index contributed by atoms with van der Waals surface area (Å²) in [5.41, 5.74) is 0. The topological polar surface area (TPSA) is 50.4 Å². The van der Waals surface area contributed by atoms with E-state index in [9.17, 15) is 4.79 Å². The van der Waals surface area contributed by atoms with Crippen molar-refractivity contribution in [1.82, 2.24) is 10.6 Å². The lowest BCUT2D eigenvalue weighted by atomic mass is 10.4. The van der Waals surface area contributed by atoms with Gasteiger partial charge in [-0.25, -0.2) is 0 Å². The number of morpholine rings is 1. The largest absolute Gasteiger partial charge is 0.346 e. The summed E-state index contributed by atoms with van der Waals surface area (Å²) < 4.78 is 6.45. The number of quaternary nitrogens is 1. The maximum Gasteiger partial charge on any atom is 0.275 e. The van der Waals surface area contributed by atoms with E-state index in [1.54, 1.807) is 0 Å². The predicted octanol–water partition coefficient (Wildman–Crippen LogP) is -1.78. The highest BCUT2D eigenvalue weighted by Crippen LogP contribution is 2.40. The fourth-order valence-electron chi connectivity index (χ4n) is 2.56. The van der Waals surface area contributed by atoms with Crippen LogP contribution in [0.2, 0.25) is 0 Å². The molecule has 3 aliphatic heterocycles. The van der Waals surface area contributed by atoms with E-state index in [1.165, 1.54) is 0 Å². The molecule has 0 saturated carbocycles. The lowest BCUT2D eigenvalue weighted by Crippen LogP contribution is -2.52. The van der Waals surface area contributed by atoms with Crippen LogP contribution in [0, 0.1) is 0 Å². The molecule has 3 saturated heterocycles. The van der Waals surface area contributed by atoms with Gasteiger partial charge >= 0.3 is 0 Å². The molecule has 0 aliphatic carbocycles. The first-order chi connectivity index (χ1) is 6.33. The number of hydrogen-bond acceptors (Lipinski definition) is 3. The van der Waals surface area contributed by atoms with E-state index in [0.29, 0.717) is 12.7 Å². The van der Waals surface area contributed by atoms with Crippen molar-refractivity contribution >= 4 is 5.91 Å². The maximum absolute atomic E-state index is 11.3. The molecule has 5 heteroatoms. The average Bonchev–Trinajstić information content (AvgIpc) is 2.75. The third-order valence-corrected chi connectivity index (χ3v) is 3.27. The number of piperazine rings is 1. The molecular formula is C8H14N3O2+. The SMILES string of the molecule is O=C1C[N+]2(CCN1)C1NCCOC12. The van der Waals surface area contributed by atoms with Gasteiger partial charge in [0.15, 0.2) is 6.54 Å². The van der Waals surface area contributed by atoms with Crippen LogP contribution in [0.15, 0.2) is 0 Å². The fraction of sp³-hybridized carbons (Fsp3) is 0.875. The molecule has 1 spiro atoms. The van der Waals surface area contributed by atoms with E-state index >= 15 is 0 Å². The molecule has 3 atom stereocenters. The molecule has 3 aliphatic rings. The molecule has 3 rings (SSSR count). The molecular weight excluding hydrogens is 170 g/mol. The molecule has 13 heavy (non-hydrogen) atoms. The second kappa shape index (κ2) is 2.43. The van der Waals surface area contributed by atoms with Crippen LogP contribution in [0.5, 0.6) is 0 Å². The summed E-state index contributed by atoms with van der Waals surface area (Å²) in [6.07, 6.45) is 0.639. The zero-order valence-corrected chi connectivity index (χ0v) is 7.45. The van der Waals surface area contributed by atoms with Crippen molar-refractivity contribution in [2.45, 2.75) is 12.4 Å². The molecule has 0 radical (unpaired) electrons. The van der Waals surface area contributed by atoms with Gasteiger partial charge in [-0.1, -0.05) is 0 Å². The quantitative estimate of drug-likeness (QED) is 0.345. The van der Waals surface area contributed by atoms with Gasteiger partial charge in [0.2, 0.25) is 6.17 Å². The van der Waals surface area contributed by atoms with Gasteiger partial charge in [-0.2, -0.15) is 0 Å². The van der Waals surface area contributed by atoms with Gasteiger partial charge in [0.25, 0.3) is 12.1 Å². The lowest BCUT2D eigenvalue weighted by molar-refractivity contribution is -0.833. The van der Waals surface area contributed by atoms with Crippen LogP contribution in [-0.4, -0.2) is 55.6 Å². The van der Waals surface area contributed by atoms with E-state index in [2.05, 4.69) is 10.6 Å². The Bertz CT molecular complexity index is 244. The number of nitrogens with zero attached hydrogens (tertiary/aromatic N) is 1. The number of rotatable bonds is 0. The van der Waals surface area contributed by atoms with Gasteiger partial charge in [-0.3, -0.25) is 14.6 Å². The number of ether oxygens (including phenoxy) is 1. The highest BCUT2D eigenvalue weighted by Gasteiger charge is 2.70. The van der Waals surface area contributed by atoms with Crippen LogP contribution < -0.4 is 10.6 Å². The Morgan fingerprint density at radius 1 is 1.46 bits per heavy atom. The molecule has 5 nitrogen and oxygen atoms in total. The van der Waals surface area contributed by atoms with Gasteiger partial charge in [-0.05, 0) is 0 Å². The van der Waals surface area contributed by atoms with E-state index < -0.39 is 0 Å². The Morgan fingerprint density at radius 2 is 2.38 bits per heavy atom. The Labute approximate surface area is 76.6 Å². The number of carbonyl (C=O) groups excluding carboxylic acids is 1. The molecule has 0 aromatic carbocycles. The average molecular weight is 184 g/mol. The summed E-state index contributed by atoms with van der Waals surface area (Å²) >= 11 is 0. The number of nitrogens with one attached hydrogen (secondary N) is 2. The number of carbonyl (C=O) groups is 1. The highest BCUT2D eigenvalue weighted by atomic mass is 16.5. The minimum absolute atomic E-state index is 0.158. The summed E-state index contributed by atoms with van der Waals surface area (Å²) in [5.74, 6) is 0.158. The second-order valence-corrected chi connectivity index (χ2v) is 3.99. The minimum atomic E-state index is 0.158. The first-order valence-electron chi connectivity index (χ1n) is 4.81. The standard InChI is InChI=1S/C8H13N3O2/c12-6-5-11(3-1-9-6)7-8(11)13-4-2-10-7/h7-8,10H,1-5H2/p+1. The van der Waals surface area contributed by atoms with E-state index in [1.807, 2.05) is 0 Å². The third kappa shape index (κ3) is 0.948. The Balaban J connectivity index is 1.79. The number of amides is 1. The van der Waals surface area contributed by atoms with Crippen LogP contribution in [0.1, 0.15) is 0 Å². The normalized spacial score (nSPS) is 48.5. The van der Waals surface area contributed by atoms with Crippen LogP contribution in [0.25, 0.3) is 0 Å². The molecule has 0 aromatic rings. The van der Waals surface area contributed by atoms with Crippen molar-refractivity contribution < 1.29 is 14.0 Å². The third-order valence-electron chi connectivity index (χ3n) is 3.27. The van der Waals surface area contributed by atoms with E-state index in [-0.39, 0.29) is 12.1 Å². The van der Waals surface area contributed by atoms with Gasteiger partial charge in [0, 0.05) is 6.54 Å². The van der Waals surface area contributed by atoms with Crippen molar-refractivity contribution in [2.75, 3.05) is 32.8 Å². The summed E-state index contributed by atoms with van der Waals surface area (Å²) in [7, 11) is 0. The maximum atomic E-state index is 11.3. The Morgan fingerprint density at radius 3 is 3.08 bits per heavy atom. The molecule has 0 bridgehead atoms. The van der Waals surface area contributed by atoms with E-state index in [0.717, 1.165) is 30.7 Å². The summed E-state index contributed by atoms with van der Waals surface area (Å²) in [6.45, 7) is 4.08. The van der Waals surface area contributed by atoms with Crippen molar-refractivity contribution in [2.24, 2.45) is 0 Å². The van der Waals surface area contributed by atoms with Crippen LogP contribution in [-0.2, 0) is 9.53 Å². The number of fused-ring (bicyclic) bond motifs is 3. The van der Waals surface area contributed by atoms with Gasteiger partial charge < -0.3 is 10.1 Å². The summed E-state index contributed by atoms with van der Waals surface area (Å²) in [5, 5.41) is 6.25. The van der Waals surface area contributed by atoms with Crippen LogP contribution >= 0.6 is 0 Å². The zero-order chi connectivity index (χ0) is 8.89. The van der Waals surface area contributed by atoms with Gasteiger partial charge in [0.05, 0.1) is 13.2 Å². The fourth-order valence-corrected chi connectivity index (χ4v) is 2.56. The summed E-state index contributed by atoms with van der Waals surface area (Å²) in [4.78, 5) is 11.3. The monoisotopic (exact) mass is 184 g/mol. The molecule has 0 aromatic heterocycles. The molecule has 1 amide bonds. The first-order valence-corrected chi connectivity index (χ1v) is 4.81. The summed E-state index contributed by atoms with van der Waals surface area (Å²) in [6, 6.07) is 0. The van der Waals surface area contributed by atoms with E-state index in [4.69, 9.17) is 4.74 Å². The molecule has 3 unspecified atom stereocenters. The predicted molar refractivity (Wildman–Crippen MR) is 44.5 cm³/mol. The number of hydrogen-bond donors (Lipinski definition) is 2. The minimum Gasteiger partial charge on any atom is -0.346 e. The molecule has 72 valence electrons. The smallest absolute Gasteiger partial charge is 0.275 e. The first kappa shape index (κ1) is 7.73. The lowest BCUT2D eigenvalue weighted by Gasteiger charge is -2.24. The molecule has 3 fully saturated rings. The van der Waals surface area contributed by atoms with Crippen LogP contribution in [0.4, 0.5) is 0 Å². The van der Waals surface area contributed by atoms with Crippen molar-refractivity contribution in [3.8, 4) is 0 Å². The van der Waals surface area contributed by atoms with Crippen LogP contribution in [0.3, 0.4) is 0 Å². The second-order valence-electron chi connectivity index (χ2n) is 3.99. The van der Waals surface area contributed by atoms with Crippen molar-refractivity contribution in [1.29, 1.82) is 0 Å². The van der Waals surface area contributed by atoms with Crippen molar-refractivity contribution in [3.63, 3.8) is 0 Å². The molecule has 2 N–H and O–H groups in total.